The van der Waals surface area contributed by atoms with Gasteiger partial charge in [-0.15, -0.1) is 0 Å². The molecule has 0 aliphatic rings. The summed E-state index contributed by atoms with van der Waals surface area (Å²) in [6.07, 6.45) is 3.45. The van der Waals surface area contributed by atoms with Gasteiger partial charge in [0.2, 0.25) is 5.95 Å². The number of pyridine rings is 1. The minimum Gasteiger partial charge on any atom is -0.465 e. The lowest BCUT2D eigenvalue weighted by atomic mass is 10.1. The van der Waals surface area contributed by atoms with E-state index in [9.17, 15) is 4.79 Å². The minimum atomic E-state index is -0.371. The summed E-state index contributed by atoms with van der Waals surface area (Å²) in [5.41, 5.74) is 4.45. The first-order chi connectivity index (χ1) is 14.6. The van der Waals surface area contributed by atoms with Crippen LogP contribution in [0, 0.1) is 6.92 Å². The van der Waals surface area contributed by atoms with Crippen molar-refractivity contribution in [3.8, 4) is 0 Å². The second-order valence-corrected chi connectivity index (χ2v) is 6.82. The zero-order chi connectivity index (χ0) is 20.9. The highest BCUT2D eigenvalue weighted by Gasteiger charge is 2.08. The summed E-state index contributed by atoms with van der Waals surface area (Å²) >= 11 is 0. The number of nitrogens with zero attached hydrogens (tertiary/aromatic N) is 3. The maximum Gasteiger partial charge on any atom is 0.337 e. The second kappa shape index (κ2) is 8.57. The molecule has 0 aliphatic heterocycles. The lowest BCUT2D eigenvalue weighted by Gasteiger charge is -2.10. The third-order valence-electron chi connectivity index (χ3n) is 4.65. The number of aryl methyl sites for hydroxylation is 1. The van der Waals surface area contributed by atoms with Crippen molar-refractivity contribution in [3.63, 3.8) is 0 Å². The summed E-state index contributed by atoms with van der Waals surface area (Å²) in [7, 11) is 1.36. The summed E-state index contributed by atoms with van der Waals surface area (Å²) in [5.74, 6) is 0.829. The number of rotatable bonds is 6. The van der Waals surface area contributed by atoms with Crippen molar-refractivity contribution in [3.05, 3.63) is 83.7 Å². The molecule has 0 amide bonds. The molecule has 0 radical (unpaired) electrons. The van der Waals surface area contributed by atoms with Gasteiger partial charge in [0.05, 0.1) is 23.6 Å². The van der Waals surface area contributed by atoms with Gasteiger partial charge in [-0.05, 0) is 42.8 Å². The van der Waals surface area contributed by atoms with Crippen molar-refractivity contribution in [2.75, 3.05) is 17.7 Å². The Balaban J connectivity index is 1.51. The number of benzene rings is 2. The van der Waals surface area contributed by atoms with E-state index in [1.165, 1.54) is 12.7 Å². The zero-order valence-electron chi connectivity index (χ0n) is 16.7. The molecule has 0 fully saturated rings. The molecule has 150 valence electrons. The van der Waals surface area contributed by atoms with Crippen molar-refractivity contribution in [1.29, 1.82) is 0 Å². The standard InChI is InChI=1S/C23H21N5O2/c1-15-3-5-16(6-4-15)13-25-23-26-14-19-20(28-23)11-12-24-21(19)27-18-9-7-17(8-10-18)22(29)30-2/h3-12,14H,13H2,1-2H3,(H,24,27)(H,25,26,28). The molecule has 7 heteroatoms. The van der Waals surface area contributed by atoms with Crippen LogP contribution in [0.4, 0.5) is 17.5 Å². The third-order valence-corrected chi connectivity index (χ3v) is 4.65. The van der Waals surface area contributed by atoms with E-state index in [2.05, 4.69) is 56.8 Å². The van der Waals surface area contributed by atoms with Crippen LogP contribution < -0.4 is 10.6 Å². The van der Waals surface area contributed by atoms with Gasteiger partial charge in [-0.25, -0.2) is 19.7 Å². The predicted octanol–water partition coefficient (Wildman–Crippen LogP) is 4.48. The number of esters is 1. The first kappa shape index (κ1) is 19.3. The number of ether oxygens (including phenoxy) is 1. The number of hydrogen-bond donors (Lipinski definition) is 2. The average Bonchev–Trinajstić information content (AvgIpc) is 2.78. The van der Waals surface area contributed by atoms with Crippen LogP contribution >= 0.6 is 0 Å². The Morgan fingerprint density at radius 2 is 1.77 bits per heavy atom. The molecule has 4 rings (SSSR count). The van der Waals surface area contributed by atoms with E-state index < -0.39 is 0 Å². The van der Waals surface area contributed by atoms with Crippen LogP contribution in [0.2, 0.25) is 0 Å². The maximum absolute atomic E-state index is 11.6. The summed E-state index contributed by atoms with van der Waals surface area (Å²) < 4.78 is 4.72. The molecular formula is C23H21N5O2. The van der Waals surface area contributed by atoms with Crippen LogP contribution in [-0.2, 0) is 11.3 Å². The number of aromatic nitrogens is 3. The highest BCUT2D eigenvalue weighted by molar-refractivity contribution is 5.92. The molecule has 0 saturated heterocycles. The smallest absolute Gasteiger partial charge is 0.337 e. The van der Waals surface area contributed by atoms with Crippen LogP contribution in [0.15, 0.2) is 67.0 Å². The highest BCUT2D eigenvalue weighted by Crippen LogP contribution is 2.24. The molecule has 0 bridgehead atoms. The molecule has 2 aromatic heterocycles. The Labute approximate surface area is 174 Å². The van der Waals surface area contributed by atoms with E-state index in [0.717, 1.165) is 22.2 Å². The first-order valence-electron chi connectivity index (χ1n) is 9.49. The lowest BCUT2D eigenvalue weighted by molar-refractivity contribution is 0.0601. The number of fused-ring (bicyclic) bond motifs is 1. The maximum atomic E-state index is 11.6. The largest absolute Gasteiger partial charge is 0.465 e. The van der Waals surface area contributed by atoms with E-state index in [1.54, 1.807) is 36.7 Å². The monoisotopic (exact) mass is 399 g/mol. The van der Waals surface area contributed by atoms with Gasteiger partial charge in [0.1, 0.15) is 5.82 Å². The van der Waals surface area contributed by atoms with Crippen molar-refractivity contribution in [2.24, 2.45) is 0 Å². The molecule has 2 heterocycles. The van der Waals surface area contributed by atoms with E-state index in [-0.39, 0.29) is 5.97 Å². The van der Waals surface area contributed by atoms with Gasteiger partial charge >= 0.3 is 5.97 Å². The third kappa shape index (κ3) is 4.35. The lowest BCUT2D eigenvalue weighted by Crippen LogP contribution is -2.04. The number of methoxy groups -OCH3 is 1. The van der Waals surface area contributed by atoms with Gasteiger partial charge in [-0.2, -0.15) is 0 Å². The van der Waals surface area contributed by atoms with E-state index in [1.807, 2.05) is 6.07 Å². The van der Waals surface area contributed by atoms with Crippen LogP contribution in [0.1, 0.15) is 21.5 Å². The number of carbonyl (C=O) groups excluding carboxylic acids is 1. The Hall–Kier alpha value is -4.00. The molecule has 2 N–H and O–H groups in total. The summed E-state index contributed by atoms with van der Waals surface area (Å²) in [6.45, 7) is 2.71. The first-order valence-corrected chi connectivity index (χ1v) is 9.49. The van der Waals surface area contributed by atoms with Crippen LogP contribution in [0.25, 0.3) is 10.9 Å². The minimum absolute atomic E-state index is 0.371. The topological polar surface area (TPSA) is 89.0 Å². The number of anilines is 3. The fourth-order valence-electron chi connectivity index (χ4n) is 2.97. The molecule has 7 nitrogen and oxygen atoms in total. The van der Waals surface area contributed by atoms with Crippen molar-refractivity contribution in [1.82, 2.24) is 15.0 Å². The summed E-state index contributed by atoms with van der Waals surface area (Å²) in [6, 6.07) is 17.2. The summed E-state index contributed by atoms with van der Waals surface area (Å²) in [5, 5.41) is 7.31. The van der Waals surface area contributed by atoms with Gasteiger partial charge in [0, 0.05) is 24.6 Å². The van der Waals surface area contributed by atoms with Crippen molar-refractivity contribution in [2.45, 2.75) is 13.5 Å². The van der Waals surface area contributed by atoms with Crippen molar-refractivity contribution < 1.29 is 9.53 Å². The Morgan fingerprint density at radius 1 is 1.00 bits per heavy atom. The molecular weight excluding hydrogens is 378 g/mol. The molecule has 0 atom stereocenters. The highest BCUT2D eigenvalue weighted by atomic mass is 16.5. The van der Waals surface area contributed by atoms with Gasteiger partial charge in [-0.1, -0.05) is 29.8 Å². The number of nitrogens with one attached hydrogen (secondary N) is 2. The molecule has 0 unspecified atom stereocenters. The van der Waals surface area contributed by atoms with Crippen LogP contribution in [-0.4, -0.2) is 28.0 Å². The molecule has 4 aromatic rings. The Morgan fingerprint density at radius 3 is 2.50 bits per heavy atom. The summed E-state index contributed by atoms with van der Waals surface area (Å²) in [4.78, 5) is 25.0. The predicted molar refractivity (Wildman–Crippen MR) is 117 cm³/mol. The molecule has 0 spiro atoms. The number of hydrogen-bond acceptors (Lipinski definition) is 7. The molecule has 0 saturated carbocycles. The Kier molecular flexibility index (Phi) is 5.52. The van der Waals surface area contributed by atoms with E-state index in [4.69, 9.17) is 4.74 Å². The van der Waals surface area contributed by atoms with Gasteiger partial charge < -0.3 is 15.4 Å². The van der Waals surface area contributed by atoms with E-state index >= 15 is 0 Å². The van der Waals surface area contributed by atoms with Crippen molar-refractivity contribution >= 4 is 34.3 Å². The molecule has 2 aromatic carbocycles. The Bertz CT molecular complexity index is 1170. The van der Waals surface area contributed by atoms with Gasteiger partial charge in [-0.3, -0.25) is 0 Å². The molecule has 0 aliphatic carbocycles. The van der Waals surface area contributed by atoms with Crippen LogP contribution in [0.5, 0.6) is 0 Å². The molecule has 30 heavy (non-hydrogen) atoms. The zero-order valence-corrected chi connectivity index (χ0v) is 16.7. The average molecular weight is 399 g/mol. The van der Waals surface area contributed by atoms with E-state index in [0.29, 0.717) is 23.9 Å². The SMILES string of the molecule is COC(=O)c1ccc(Nc2nccc3nc(NCc4ccc(C)cc4)ncc23)cc1. The second-order valence-electron chi connectivity index (χ2n) is 6.82. The number of carbonyl (C=O) groups is 1. The fraction of sp³-hybridized carbons (Fsp3) is 0.130. The quantitative estimate of drug-likeness (QED) is 0.462. The normalized spacial score (nSPS) is 10.6. The van der Waals surface area contributed by atoms with Crippen LogP contribution in [0.3, 0.4) is 0 Å². The fourth-order valence-corrected chi connectivity index (χ4v) is 2.97. The van der Waals surface area contributed by atoms with Gasteiger partial charge in [0.15, 0.2) is 0 Å². The van der Waals surface area contributed by atoms with Gasteiger partial charge in [0.25, 0.3) is 0 Å².